The maximum atomic E-state index is 5.40. The van der Waals surface area contributed by atoms with E-state index in [0.717, 1.165) is 36.8 Å². The highest BCUT2D eigenvalue weighted by Gasteiger charge is 2.07. The molecule has 4 nitrogen and oxygen atoms in total. The number of rotatable bonds is 7. The molecule has 4 heteroatoms. The lowest BCUT2D eigenvalue weighted by atomic mass is 10.2. The lowest BCUT2D eigenvalue weighted by Gasteiger charge is -2.12. The van der Waals surface area contributed by atoms with Crippen LogP contribution < -0.4 is 10.1 Å². The second-order valence-corrected chi connectivity index (χ2v) is 5.31. The van der Waals surface area contributed by atoms with Gasteiger partial charge in [-0.2, -0.15) is 0 Å². The molecule has 0 saturated heterocycles. The maximum Gasteiger partial charge on any atom is 0.123 e. The third kappa shape index (κ3) is 3.84. The van der Waals surface area contributed by atoms with Gasteiger partial charge in [0.25, 0.3) is 0 Å². The van der Waals surface area contributed by atoms with Crippen LogP contribution in [0.2, 0.25) is 0 Å². The number of nitrogens with one attached hydrogen (secondary N) is 1. The monoisotopic (exact) mass is 273 g/mol. The van der Waals surface area contributed by atoms with Crippen LogP contribution >= 0.6 is 0 Å². The van der Waals surface area contributed by atoms with Gasteiger partial charge in [-0.1, -0.05) is 32.0 Å². The lowest BCUT2D eigenvalue weighted by molar-refractivity contribution is 0.408. The van der Waals surface area contributed by atoms with E-state index in [2.05, 4.69) is 34.8 Å². The van der Waals surface area contributed by atoms with Gasteiger partial charge < -0.3 is 14.6 Å². The molecule has 1 heterocycles. The van der Waals surface area contributed by atoms with Gasteiger partial charge in [0.1, 0.15) is 11.6 Å². The number of hydrogen-bond acceptors (Lipinski definition) is 3. The Kier molecular flexibility index (Phi) is 5.18. The highest BCUT2D eigenvalue weighted by molar-refractivity contribution is 5.33. The number of aromatic nitrogens is 2. The van der Waals surface area contributed by atoms with Gasteiger partial charge in [0.15, 0.2) is 0 Å². The SMILES string of the molecule is COc1ccccc1Cn1ccnc1CNCC(C)C. The molecule has 0 atom stereocenters. The predicted molar refractivity (Wildman–Crippen MR) is 80.9 cm³/mol. The number of benzene rings is 1. The average molecular weight is 273 g/mol. The Balaban J connectivity index is 2.04. The highest BCUT2D eigenvalue weighted by atomic mass is 16.5. The summed E-state index contributed by atoms with van der Waals surface area (Å²) in [6, 6.07) is 8.10. The van der Waals surface area contributed by atoms with E-state index in [1.54, 1.807) is 7.11 Å². The third-order valence-electron chi connectivity index (χ3n) is 3.17. The van der Waals surface area contributed by atoms with E-state index < -0.39 is 0 Å². The van der Waals surface area contributed by atoms with Crippen molar-refractivity contribution in [3.63, 3.8) is 0 Å². The largest absolute Gasteiger partial charge is 0.496 e. The summed E-state index contributed by atoms with van der Waals surface area (Å²) < 4.78 is 7.56. The van der Waals surface area contributed by atoms with Crippen molar-refractivity contribution in [2.75, 3.05) is 13.7 Å². The van der Waals surface area contributed by atoms with Crippen molar-refractivity contribution in [1.82, 2.24) is 14.9 Å². The van der Waals surface area contributed by atoms with Crippen LogP contribution in [0.4, 0.5) is 0 Å². The van der Waals surface area contributed by atoms with Gasteiger partial charge in [0.2, 0.25) is 0 Å². The van der Waals surface area contributed by atoms with Crippen molar-refractivity contribution in [2.45, 2.75) is 26.9 Å². The topological polar surface area (TPSA) is 39.1 Å². The molecule has 20 heavy (non-hydrogen) atoms. The summed E-state index contributed by atoms with van der Waals surface area (Å²) in [5, 5.41) is 3.43. The first-order valence-corrected chi connectivity index (χ1v) is 7.03. The fraction of sp³-hybridized carbons (Fsp3) is 0.438. The minimum absolute atomic E-state index is 0.646. The second-order valence-electron chi connectivity index (χ2n) is 5.31. The summed E-state index contributed by atoms with van der Waals surface area (Å²) in [6.45, 7) is 6.98. The number of para-hydroxylation sites is 1. The Morgan fingerprint density at radius 3 is 2.85 bits per heavy atom. The van der Waals surface area contributed by atoms with Crippen LogP contribution in [0.25, 0.3) is 0 Å². The van der Waals surface area contributed by atoms with E-state index in [-0.39, 0.29) is 0 Å². The molecular weight excluding hydrogens is 250 g/mol. The molecule has 0 unspecified atom stereocenters. The van der Waals surface area contributed by atoms with Crippen molar-refractivity contribution in [1.29, 1.82) is 0 Å². The van der Waals surface area contributed by atoms with Gasteiger partial charge in [-0.15, -0.1) is 0 Å². The number of methoxy groups -OCH3 is 1. The molecule has 108 valence electrons. The molecule has 0 aliphatic carbocycles. The third-order valence-corrected chi connectivity index (χ3v) is 3.17. The molecule has 0 spiro atoms. The van der Waals surface area contributed by atoms with Crippen molar-refractivity contribution in [3.05, 3.63) is 48.0 Å². The van der Waals surface area contributed by atoms with Crippen LogP contribution in [0.1, 0.15) is 25.2 Å². The van der Waals surface area contributed by atoms with Gasteiger partial charge in [-0.05, 0) is 18.5 Å². The Bertz CT molecular complexity index is 534. The van der Waals surface area contributed by atoms with Gasteiger partial charge in [0.05, 0.1) is 20.2 Å². The van der Waals surface area contributed by atoms with Crippen LogP contribution in [0.15, 0.2) is 36.7 Å². The molecule has 0 radical (unpaired) electrons. The zero-order valence-electron chi connectivity index (χ0n) is 12.5. The average Bonchev–Trinajstić information content (AvgIpc) is 2.86. The fourth-order valence-electron chi connectivity index (χ4n) is 2.14. The lowest BCUT2D eigenvalue weighted by Crippen LogP contribution is -2.21. The van der Waals surface area contributed by atoms with Gasteiger partial charge in [0, 0.05) is 18.0 Å². The van der Waals surface area contributed by atoms with E-state index in [4.69, 9.17) is 4.74 Å². The summed E-state index contributed by atoms with van der Waals surface area (Å²) in [5.74, 6) is 2.62. The smallest absolute Gasteiger partial charge is 0.123 e. The molecule has 0 bridgehead atoms. The van der Waals surface area contributed by atoms with Gasteiger partial charge in [-0.3, -0.25) is 0 Å². The van der Waals surface area contributed by atoms with Gasteiger partial charge >= 0.3 is 0 Å². The van der Waals surface area contributed by atoms with Crippen molar-refractivity contribution in [2.24, 2.45) is 5.92 Å². The fourth-order valence-corrected chi connectivity index (χ4v) is 2.14. The summed E-state index contributed by atoms with van der Waals surface area (Å²) >= 11 is 0. The van der Waals surface area contributed by atoms with Crippen LogP contribution in [-0.4, -0.2) is 23.2 Å². The van der Waals surface area contributed by atoms with E-state index in [9.17, 15) is 0 Å². The van der Waals surface area contributed by atoms with Crippen LogP contribution in [0.5, 0.6) is 5.75 Å². The summed E-state index contributed by atoms with van der Waals surface area (Å²) in [5.41, 5.74) is 1.16. The molecule has 0 saturated carbocycles. The predicted octanol–water partition coefficient (Wildman–Crippen LogP) is 2.69. The van der Waals surface area contributed by atoms with Crippen molar-refractivity contribution >= 4 is 0 Å². The summed E-state index contributed by atoms with van der Waals surface area (Å²) in [6.07, 6.45) is 3.86. The maximum absolute atomic E-state index is 5.40. The van der Waals surface area contributed by atoms with Crippen LogP contribution in [0.3, 0.4) is 0 Å². The standard InChI is InChI=1S/C16H23N3O/c1-13(2)10-17-11-16-18-8-9-19(16)12-14-6-4-5-7-15(14)20-3/h4-9,13,17H,10-12H2,1-3H3. The number of imidazole rings is 1. The molecule has 1 N–H and O–H groups in total. The van der Waals surface area contributed by atoms with Crippen LogP contribution in [-0.2, 0) is 13.1 Å². The normalized spacial score (nSPS) is 11.0. The molecule has 0 aliphatic rings. The quantitative estimate of drug-likeness (QED) is 0.843. The molecule has 1 aromatic heterocycles. The molecule has 2 rings (SSSR count). The Morgan fingerprint density at radius 1 is 1.30 bits per heavy atom. The first kappa shape index (κ1) is 14.6. The first-order chi connectivity index (χ1) is 9.70. The molecule has 2 aromatic rings. The molecule has 0 aliphatic heterocycles. The highest BCUT2D eigenvalue weighted by Crippen LogP contribution is 2.18. The summed E-state index contributed by atoms with van der Waals surface area (Å²) in [4.78, 5) is 4.42. The number of nitrogens with zero attached hydrogens (tertiary/aromatic N) is 2. The second kappa shape index (κ2) is 7.10. The Labute approximate surface area is 120 Å². The zero-order chi connectivity index (χ0) is 14.4. The van der Waals surface area contributed by atoms with Gasteiger partial charge in [-0.25, -0.2) is 4.98 Å². The molecule has 0 amide bonds. The van der Waals surface area contributed by atoms with Crippen molar-refractivity contribution in [3.8, 4) is 5.75 Å². The summed E-state index contributed by atoms with van der Waals surface area (Å²) in [7, 11) is 1.71. The van der Waals surface area contributed by atoms with Crippen LogP contribution in [0, 0.1) is 5.92 Å². The zero-order valence-corrected chi connectivity index (χ0v) is 12.5. The molecule has 1 aromatic carbocycles. The molecule has 0 fully saturated rings. The number of hydrogen-bond donors (Lipinski definition) is 1. The number of ether oxygens (including phenoxy) is 1. The van der Waals surface area contributed by atoms with E-state index in [0.29, 0.717) is 5.92 Å². The molecular formula is C16H23N3O. The van der Waals surface area contributed by atoms with E-state index in [1.165, 1.54) is 0 Å². The van der Waals surface area contributed by atoms with Crippen molar-refractivity contribution < 1.29 is 4.74 Å². The minimum atomic E-state index is 0.646. The first-order valence-electron chi connectivity index (χ1n) is 7.03. The Morgan fingerprint density at radius 2 is 2.10 bits per heavy atom. The Hall–Kier alpha value is -1.81. The minimum Gasteiger partial charge on any atom is -0.496 e. The van der Waals surface area contributed by atoms with E-state index >= 15 is 0 Å². The van der Waals surface area contributed by atoms with E-state index in [1.807, 2.05) is 30.6 Å².